The van der Waals surface area contributed by atoms with Crippen molar-refractivity contribution in [1.82, 2.24) is 0 Å². The lowest BCUT2D eigenvalue weighted by Gasteiger charge is -2.40. The van der Waals surface area contributed by atoms with Crippen LogP contribution in [0.4, 0.5) is 0 Å². The van der Waals surface area contributed by atoms with Gasteiger partial charge in [-0.3, -0.25) is 0 Å². The Morgan fingerprint density at radius 2 is 2.15 bits per heavy atom. The molecule has 2 aliphatic rings. The highest BCUT2D eigenvalue weighted by Crippen LogP contribution is 2.66. The van der Waals surface area contributed by atoms with Gasteiger partial charge in [-0.25, -0.2) is 0 Å². The van der Waals surface area contributed by atoms with Crippen LogP contribution in [-0.2, 0) is 4.74 Å². The molecule has 0 spiro atoms. The van der Waals surface area contributed by atoms with Crippen molar-refractivity contribution in [3.05, 3.63) is 24.2 Å². The molecule has 112 valence electrons. The number of ether oxygens (including phenoxy) is 1. The SMILES string of the molecule is CC(N)C(OC1CC2CCC1(C)C2(C)C)c1ccco1. The molecule has 3 heteroatoms. The highest BCUT2D eigenvalue weighted by atomic mass is 16.5. The zero-order chi connectivity index (χ0) is 14.5. The molecular formula is C17H27NO2. The van der Waals surface area contributed by atoms with Gasteiger partial charge in [-0.05, 0) is 55.1 Å². The van der Waals surface area contributed by atoms with E-state index in [0.717, 1.165) is 18.1 Å². The summed E-state index contributed by atoms with van der Waals surface area (Å²) in [6.07, 6.45) is 5.61. The molecule has 2 bridgehead atoms. The number of furan rings is 1. The normalized spacial score (nSPS) is 38.0. The molecule has 0 aliphatic heterocycles. The summed E-state index contributed by atoms with van der Waals surface area (Å²) >= 11 is 0. The van der Waals surface area contributed by atoms with Crippen molar-refractivity contribution >= 4 is 0 Å². The maximum absolute atomic E-state index is 6.47. The molecule has 2 aliphatic carbocycles. The van der Waals surface area contributed by atoms with Crippen LogP contribution in [0.15, 0.2) is 22.8 Å². The predicted molar refractivity (Wildman–Crippen MR) is 79.2 cm³/mol. The Bertz CT molecular complexity index is 465. The summed E-state index contributed by atoms with van der Waals surface area (Å²) in [5, 5.41) is 0. The van der Waals surface area contributed by atoms with E-state index >= 15 is 0 Å². The Balaban J connectivity index is 1.81. The van der Waals surface area contributed by atoms with Gasteiger partial charge in [0.05, 0.1) is 12.4 Å². The van der Waals surface area contributed by atoms with Gasteiger partial charge in [0.25, 0.3) is 0 Å². The zero-order valence-electron chi connectivity index (χ0n) is 13.1. The van der Waals surface area contributed by atoms with Crippen LogP contribution < -0.4 is 5.73 Å². The molecule has 5 unspecified atom stereocenters. The van der Waals surface area contributed by atoms with Crippen molar-refractivity contribution in [3.63, 3.8) is 0 Å². The molecule has 0 aromatic carbocycles. The number of nitrogens with two attached hydrogens (primary N) is 1. The fourth-order valence-corrected chi connectivity index (χ4v) is 4.42. The van der Waals surface area contributed by atoms with E-state index in [2.05, 4.69) is 20.8 Å². The third-order valence-corrected chi connectivity index (χ3v) is 6.33. The number of fused-ring (bicyclic) bond motifs is 2. The summed E-state index contributed by atoms with van der Waals surface area (Å²) < 4.78 is 12.0. The highest BCUT2D eigenvalue weighted by Gasteiger charge is 2.62. The van der Waals surface area contributed by atoms with Gasteiger partial charge in [0.1, 0.15) is 11.9 Å². The van der Waals surface area contributed by atoms with Crippen LogP contribution >= 0.6 is 0 Å². The first-order valence-electron chi connectivity index (χ1n) is 7.80. The summed E-state index contributed by atoms with van der Waals surface area (Å²) in [5.74, 6) is 1.63. The predicted octanol–water partition coefficient (Wildman–Crippen LogP) is 3.90. The maximum atomic E-state index is 6.47. The first-order chi connectivity index (χ1) is 9.36. The first kappa shape index (κ1) is 14.2. The molecule has 0 saturated heterocycles. The standard InChI is InChI=1S/C17H27NO2/c1-11(18)15(13-6-5-9-19-13)20-14-10-12-7-8-17(14,4)16(12,2)3/h5-6,9,11-12,14-15H,7-8,10,18H2,1-4H3. The molecule has 3 rings (SSSR count). The molecule has 1 aromatic rings. The van der Waals surface area contributed by atoms with Crippen LogP contribution in [0.2, 0.25) is 0 Å². The minimum absolute atomic E-state index is 0.0630. The number of rotatable bonds is 4. The molecule has 20 heavy (non-hydrogen) atoms. The Labute approximate surface area is 121 Å². The third-order valence-electron chi connectivity index (χ3n) is 6.33. The molecule has 0 radical (unpaired) electrons. The lowest BCUT2D eigenvalue weighted by atomic mass is 9.70. The smallest absolute Gasteiger partial charge is 0.134 e. The second kappa shape index (κ2) is 4.60. The monoisotopic (exact) mass is 277 g/mol. The van der Waals surface area contributed by atoms with Crippen molar-refractivity contribution < 1.29 is 9.15 Å². The van der Waals surface area contributed by atoms with Crippen molar-refractivity contribution in [1.29, 1.82) is 0 Å². The molecule has 2 saturated carbocycles. The molecule has 3 nitrogen and oxygen atoms in total. The number of hydrogen-bond donors (Lipinski definition) is 1. The molecule has 1 heterocycles. The average Bonchev–Trinajstić information content (AvgIpc) is 3.00. The van der Waals surface area contributed by atoms with Crippen LogP contribution in [0.3, 0.4) is 0 Å². The minimum atomic E-state index is -0.137. The summed E-state index contributed by atoms with van der Waals surface area (Å²) in [6.45, 7) is 9.20. The van der Waals surface area contributed by atoms with Crippen LogP contribution in [-0.4, -0.2) is 12.1 Å². The fourth-order valence-electron chi connectivity index (χ4n) is 4.42. The topological polar surface area (TPSA) is 48.4 Å². The highest BCUT2D eigenvalue weighted by molar-refractivity contribution is 5.12. The average molecular weight is 277 g/mol. The van der Waals surface area contributed by atoms with Crippen LogP contribution in [0.25, 0.3) is 0 Å². The minimum Gasteiger partial charge on any atom is -0.467 e. The summed E-state index contributed by atoms with van der Waals surface area (Å²) in [5.41, 5.74) is 6.76. The summed E-state index contributed by atoms with van der Waals surface area (Å²) in [7, 11) is 0. The molecule has 1 aromatic heterocycles. The maximum Gasteiger partial charge on any atom is 0.134 e. The van der Waals surface area contributed by atoms with Crippen LogP contribution in [0.1, 0.15) is 58.8 Å². The van der Waals surface area contributed by atoms with Gasteiger partial charge < -0.3 is 14.9 Å². The van der Waals surface area contributed by atoms with E-state index < -0.39 is 0 Å². The van der Waals surface area contributed by atoms with E-state index in [1.54, 1.807) is 6.26 Å². The lowest BCUT2D eigenvalue weighted by Crippen LogP contribution is -2.40. The van der Waals surface area contributed by atoms with E-state index in [9.17, 15) is 0 Å². The van der Waals surface area contributed by atoms with E-state index in [1.165, 1.54) is 12.8 Å². The summed E-state index contributed by atoms with van der Waals surface area (Å²) in [4.78, 5) is 0. The second-order valence-corrected chi connectivity index (χ2v) is 7.53. The van der Waals surface area contributed by atoms with Gasteiger partial charge in [0, 0.05) is 6.04 Å². The van der Waals surface area contributed by atoms with Gasteiger partial charge >= 0.3 is 0 Å². The molecule has 2 fully saturated rings. The van der Waals surface area contributed by atoms with Crippen molar-refractivity contribution in [2.45, 2.75) is 65.2 Å². The Kier molecular flexibility index (Phi) is 3.26. The molecule has 0 amide bonds. The lowest BCUT2D eigenvalue weighted by molar-refractivity contribution is -0.100. The van der Waals surface area contributed by atoms with E-state index in [4.69, 9.17) is 14.9 Å². The van der Waals surface area contributed by atoms with Gasteiger partial charge in [0.15, 0.2) is 0 Å². The Morgan fingerprint density at radius 3 is 2.60 bits per heavy atom. The van der Waals surface area contributed by atoms with Gasteiger partial charge in [-0.15, -0.1) is 0 Å². The Morgan fingerprint density at radius 1 is 1.40 bits per heavy atom. The Hall–Kier alpha value is -0.800. The fraction of sp³-hybridized carbons (Fsp3) is 0.765. The van der Waals surface area contributed by atoms with E-state index in [-0.39, 0.29) is 23.7 Å². The van der Waals surface area contributed by atoms with Gasteiger partial charge in [0.2, 0.25) is 0 Å². The van der Waals surface area contributed by atoms with Crippen molar-refractivity contribution in [3.8, 4) is 0 Å². The molecular weight excluding hydrogens is 250 g/mol. The summed E-state index contributed by atoms with van der Waals surface area (Å²) in [6, 6.07) is 3.81. The zero-order valence-corrected chi connectivity index (χ0v) is 13.1. The van der Waals surface area contributed by atoms with Crippen molar-refractivity contribution in [2.75, 3.05) is 0 Å². The van der Waals surface area contributed by atoms with Gasteiger partial charge in [-0.2, -0.15) is 0 Å². The second-order valence-electron chi connectivity index (χ2n) is 7.53. The molecule has 5 atom stereocenters. The van der Waals surface area contributed by atoms with Crippen LogP contribution in [0, 0.1) is 16.7 Å². The van der Waals surface area contributed by atoms with Gasteiger partial charge in [-0.1, -0.05) is 20.8 Å². The van der Waals surface area contributed by atoms with E-state index in [0.29, 0.717) is 5.41 Å². The van der Waals surface area contributed by atoms with E-state index in [1.807, 2.05) is 19.1 Å². The largest absolute Gasteiger partial charge is 0.467 e. The number of hydrogen-bond acceptors (Lipinski definition) is 3. The quantitative estimate of drug-likeness (QED) is 0.908. The molecule has 2 N–H and O–H groups in total. The third kappa shape index (κ3) is 1.86. The van der Waals surface area contributed by atoms with Crippen LogP contribution in [0.5, 0.6) is 0 Å². The van der Waals surface area contributed by atoms with Crippen molar-refractivity contribution in [2.24, 2.45) is 22.5 Å². The first-order valence-corrected chi connectivity index (χ1v) is 7.80.